The molecule has 0 aliphatic heterocycles. The van der Waals surface area contributed by atoms with Gasteiger partial charge in [0.15, 0.2) is 0 Å². The Bertz CT molecular complexity index is 396. The van der Waals surface area contributed by atoms with Crippen LogP contribution < -0.4 is 5.32 Å². The second kappa shape index (κ2) is 6.55. The molecular formula is C15H22FN. The van der Waals surface area contributed by atoms with E-state index in [4.69, 9.17) is 0 Å². The monoisotopic (exact) mass is 235 g/mol. The largest absolute Gasteiger partial charge is 0.320 e. The van der Waals surface area contributed by atoms with Crippen molar-refractivity contribution in [3.63, 3.8) is 0 Å². The summed E-state index contributed by atoms with van der Waals surface area (Å²) in [5.74, 6) is -0.114. The molecule has 0 bridgehead atoms. The molecule has 1 N–H and O–H groups in total. The highest BCUT2D eigenvalue weighted by atomic mass is 19.1. The summed E-state index contributed by atoms with van der Waals surface area (Å²) in [5, 5.41) is 3.11. The van der Waals surface area contributed by atoms with E-state index in [0.717, 1.165) is 42.5 Å². The molecule has 0 amide bonds. The van der Waals surface area contributed by atoms with E-state index in [9.17, 15) is 4.39 Å². The molecule has 0 heterocycles. The molecule has 1 aromatic rings. The first-order valence-electron chi connectivity index (χ1n) is 6.22. The molecule has 0 saturated heterocycles. The van der Waals surface area contributed by atoms with Crippen molar-refractivity contribution in [1.82, 2.24) is 5.32 Å². The van der Waals surface area contributed by atoms with E-state index in [1.54, 1.807) is 13.0 Å². The number of nitrogens with one attached hydrogen (secondary N) is 1. The maximum Gasteiger partial charge on any atom is 0.126 e. The van der Waals surface area contributed by atoms with Gasteiger partial charge in [0.1, 0.15) is 5.82 Å². The van der Waals surface area contributed by atoms with Crippen LogP contribution in [0.3, 0.4) is 0 Å². The van der Waals surface area contributed by atoms with Crippen molar-refractivity contribution in [2.24, 2.45) is 0 Å². The molecule has 0 atom stereocenters. The van der Waals surface area contributed by atoms with E-state index in [2.05, 4.69) is 18.8 Å². The standard InChI is InChI=1S/C15H22FN/c1-5-11(2)14-9-12(3)15(16)10-13(14)7-6-8-17-4/h9-10,17H,2,5-8H2,1,3-4H3. The summed E-state index contributed by atoms with van der Waals surface area (Å²) in [6, 6.07) is 3.59. The molecule has 17 heavy (non-hydrogen) atoms. The van der Waals surface area contributed by atoms with Crippen LogP contribution in [0.2, 0.25) is 0 Å². The van der Waals surface area contributed by atoms with Crippen LogP contribution in [0.25, 0.3) is 5.57 Å². The topological polar surface area (TPSA) is 12.0 Å². The van der Waals surface area contributed by atoms with Gasteiger partial charge in [0.2, 0.25) is 0 Å². The lowest BCUT2D eigenvalue weighted by Crippen LogP contribution is -2.09. The second-order valence-electron chi connectivity index (χ2n) is 4.42. The lowest BCUT2D eigenvalue weighted by molar-refractivity contribution is 0.614. The third-order valence-corrected chi connectivity index (χ3v) is 3.07. The Morgan fingerprint density at radius 1 is 1.41 bits per heavy atom. The van der Waals surface area contributed by atoms with Gasteiger partial charge in [-0.15, -0.1) is 0 Å². The zero-order chi connectivity index (χ0) is 12.8. The normalized spacial score (nSPS) is 10.6. The summed E-state index contributed by atoms with van der Waals surface area (Å²) >= 11 is 0. The summed E-state index contributed by atoms with van der Waals surface area (Å²) in [7, 11) is 1.93. The van der Waals surface area contributed by atoms with Gasteiger partial charge in [-0.3, -0.25) is 0 Å². The molecule has 1 nitrogen and oxygen atoms in total. The molecular weight excluding hydrogens is 213 g/mol. The van der Waals surface area contributed by atoms with Crippen molar-refractivity contribution in [1.29, 1.82) is 0 Å². The van der Waals surface area contributed by atoms with Gasteiger partial charge in [0.25, 0.3) is 0 Å². The quantitative estimate of drug-likeness (QED) is 0.741. The smallest absolute Gasteiger partial charge is 0.126 e. The number of benzene rings is 1. The van der Waals surface area contributed by atoms with Crippen molar-refractivity contribution in [3.05, 3.63) is 41.2 Å². The van der Waals surface area contributed by atoms with E-state index in [-0.39, 0.29) is 5.82 Å². The summed E-state index contributed by atoms with van der Waals surface area (Å²) in [6.45, 7) is 8.90. The molecule has 0 aliphatic rings. The average Bonchev–Trinajstić information content (AvgIpc) is 2.32. The Kier molecular flexibility index (Phi) is 5.36. The molecule has 94 valence electrons. The van der Waals surface area contributed by atoms with Gasteiger partial charge in [-0.25, -0.2) is 4.39 Å². The molecule has 0 aliphatic carbocycles. The van der Waals surface area contributed by atoms with Crippen molar-refractivity contribution in [2.45, 2.75) is 33.1 Å². The Morgan fingerprint density at radius 3 is 2.71 bits per heavy atom. The van der Waals surface area contributed by atoms with Crippen molar-refractivity contribution >= 4 is 5.57 Å². The number of halogens is 1. The summed E-state index contributed by atoms with van der Waals surface area (Å²) in [5.41, 5.74) is 4.00. The number of allylic oxidation sites excluding steroid dienone is 1. The van der Waals surface area contributed by atoms with Gasteiger partial charge in [-0.2, -0.15) is 0 Å². The minimum atomic E-state index is -0.114. The predicted molar refractivity (Wildman–Crippen MR) is 72.7 cm³/mol. The van der Waals surface area contributed by atoms with E-state index >= 15 is 0 Å². The van der Waals surface area contributed by atoms with Crippen LogP contribution in [0.15, 0.2) is 18.7 Å². The molecule has 0 radical (unpaired) electrons. The van der Waals surface area contributed by atoms with Gasteiger partial charge in [-0.1, -0.05) is 13.5 Å². The van der Waals surface area contributed by atoms with Crippen LogP contribution in [0.5, 0.6) is 0 Å². The van der Waals surface area contributed by atoms with E-state index < -0.39 is 0 Å². The molecule has 0 spiro atoms. The van der Waals surface area contributed by atoms with Gasteiger partial charge in [-0.05, 0) is 74.2 Å². The fourth-order valence-electron chi connectivity index (χ4n) is 1.90. The number of rotatable bonds is 6. The summed E-state index contributed by atoms with van der Waals surface area (Å²) < 4.78 is 13.6. The van der Waals surface area contributed by atoms with Crippen LogP contribution in [0.4, 0.5) is 4.39 Å². The first kappa shape index (κ1) is 13.9. The lowest BCUT2D eigenvalue weighted by atomic mass is 9.94. The Labute approximate surface area is 104 Å². The highest BCUT2D eigenvalue weighted by molar-refractivity contribution is 5.67. The molecule has 1 rings (SSSR count). The SMILES string of the molecule is C=C(CC)c1cc(C)c(F)cc1CCCNC. The average molecular weight is 235 g/mol. The Balaban J connectivity index is 2.99. The highest BCUT2D eigenvalue weighted by Gasteiger charge is 2.09. The first-order valence-corrected chi connectivity index (χ1v) is 6.22. The van der Waals surface area contributed by atoms with Crippen molar-refractivity contribution < 1.29 is 4.39 Å². The minimum absolute atomic E-state index is 0.114. The molecule has 0 aromatic heterocycles. The van der Waals surface area contributed by atoms with Gasteiger partial charge in [0, 0.05) is 0 Å². The molecule has 0 unspecified atom stereocenters. The van der Waals surface area contributed by atoms with Crippen LogP contribution in [0, 0.1) is 12.7 Å². The van der Waals surface area contributed by atoms with Crippen LogP contribution in [0.1, 0.15) is 36.5 Å². The van der Waals surface area contributed by atoms with Crippen LogP contribution in [-0.2, 0) is 6.42 Å². The predicted octanol–water partition coefficient (Wildman–Crippen LogP) is 3.71. The molecule has 0 saturated carbocycles. The maximum absolute atomic E-state index is 13.6. The minimum Gasteiger partial charge on any atom is -0.320 e. The van der Waals surface area contributed by atoms with Crippen molar-refractivity contribution in [2.75, 3.05) is 13.6 Å². The third-order valence-electron chi connectivity index (χ3n) is 3.07. The molecule has 1 aromatic carbocycles. The maximum atomic E-state index is 13.6. The number of hydrogen-bond donors (Lipinski definition) is 1. The van der Waals surface area contributed by atoms with Gasteiger partial charge < -0.3 is 5.32 Å². The number of hydrogen-bond acceptors (Lipinski definition) is 1. The fourth-order valence-corrected chi connectivity index (χ4v) is 1.90. The van der Waals surface area contributed by atoms with E-state index in [1.165, 1.54) is 0 Å². The van der Waals surface area contributed by atoms with E-state index in [0.29, 0.717) is 5.56 Å². The third kappa shape index (κ3) is 3.67. The Morgan fingerprint density at radius 2 is 2.12 bits per heavy atom. The zero-order valence-corrected chi connectivity index (χ0v) is 11.1. The van der Waals surface area contributed by atoms with Crippen molar-refractivity contribution in [3.8, 4) is 0 Å². The van der Waals surface area contributed by atoms with Gasteiger partial charge >= 0.3 is 0 Å². The summed E-state index contributed by atoms with van der Waals surface area (Å²) in [6.07, 6.45) is 2.82. The van der Waals surface area contributed by atoms with E-state index in [1.807, 2.05) is 13.1 Å². The molecule has 2 heteroatoms. The highest BCUT2D eigenvalue weighted by Crippen LogP contribution is 2.24. The van der Waals surface area contributed by atoms with Crippen LogP contribution >= 0.6 is 0 Å². The Hall–Kier alpha value is -1.15. The second-order valence-corrected chi connectivity index (χ2v) is 4.42. The molecule has 0 fully saturated rings. The first-order chi connectivity index (χ1) is 8.10. The number of aryl methyl sites for hydroxylation is 2. The fraction of sp³-hybridized carbons (Fsp3) is 0.467. The van der Waals surface area contributed by atoms with Gasteiger partial charge in [0.05, 0.1) is 0 Å². The zero-order valence-electron chi connectivity index (χ0n) is 11.1. The van der Waals surface area contributed by atoms with Crippen LogP contribution in [-0.4, -0.2) is 13.6 Å². The lowest BCUT2D eigenvalue weighted by Gasteiger charge is -2.13. The summed E-state index contributed by atoms with van der Waals surface area (Å²) in [4.78, 5) is 0.